The Morgan fingerprint density at radius 3 is 2.58 bits per heavy atom. The number of anilines is 1. The van der Waals surface area contributed by atoms with Gasteiger partial charge >= 0.3 is 0 Å². The molecule has 0 heterocycles. The van der Waals surface area contributed by atoms with Crippen molar-refractivity contribution >= 4 is 11.6 Å². The van der Waals surface area contributed by atoms with Crippen LogP contribution in [0.3, 0.4) is 0 Å². The minimum Gasteiger partial charge on any atom is -0.382 e. The van der Waals surface area contributed by atoms with Gasteiger partial charge in [-0.3, -0.25) is 4.79 Å². The van der Waals surface area contributed by atoms with Crippen molar-refractivity contribution < 1.29 is 9.18 Å². The summed E-state index contributed by atoms with van der Waals surface area (Å²) in [6.07, 6.45) is 0.872. The molecule has 0 saturated carbocycles. The number of carbonyl (C=O) groups is 1. The zero-order chi connectivity index (χ0) is 14.5. The maximum atomic E-state index is 13.8. The van der Waals surface area contributed by atoms with Gasteiger partial charge in [-0.25, -0.2) is 4.39 Å². The van der Waals surface area contributed by atoms with E-state index in [9.17, 15) is 9.18 Å². The van der Waals surface area contributed by atoms with Gasteiger partial charge in [-0.1, -0.05) is 33.8 Å². The van der Waals surface area contributed by atoms with Crippen LogP contribution in [0.2, 0.25) is 0 Å². The summed E-state index contributed by atoms with van der Waals surface area (Å²) in [6.45, 7) is 9.29. The highest BCUT2D eigenvalue weighted by Gasteiger charge is 2.17. The third-order valence-corrected chi connectivity index (χ3v) is 2.59. The van der Waals surface area contributed by atoms with Gasteiger partial charge in [0.15, 0.2) is 0 Å². The highest BCUT2D eigenvalue weighted by molar-refractivity contribution is 5.99. The van der Waals surface area contributed by atoms with Gasteiger partial charge in [-0.15, -0.1) is 0 Å². The van der Waals surface area contributed by atoms with Crippen LogP contribution < -0.4 is 10.6 Å². The standard InChI is InChI=1S/C15H23FN2O/c1-5-9-17-13-11(7-6-8-12(13)16)14(19)18-10-15(2,3)4/h6-8,17H,5,9-10H2,1-4H3,(H,18,19). The normalized spacial score (nSPS) is 11.2. The predicted molar refractivity (Wildman–Crippen MR) is 77.0 cm³/mol. The fourth-order valence-electron chi connectivity index (χ4n) is 1.58. The molecule has 19 heavy (non-hydrogen) atoms. The van der Waals surface area contributed by atoms with Crippen LogP contribution in [-0.4, -0.2) is 19.0 Å². The lowest BCUT2D eigenvalue weighted by Gasteiger charge is -2.19. The molecule has 1 amide bonds. The summed E-state index contributed by atoms with van der Waals surface area (Å²) in [6, 6.07) is 4.55. The van der Waals surface area contributed by atoms with Crippen LogP contribution >= 0.6 is 0 Å². The van der Waals surface area contributed by atoms with Crippen LogP contribution in [0, 0.1) is 11.2 Å². The van der Waals surface area contributed by atoms with E-state index in [4.69, 9.17) is 0 Å². The Morgan fingerprint density at radius 1 is 1.32 bits per heavy atom. The van der Waals surface area contributed by atoms with Gasteiger partial charge in [-0.05, 0) is 24.0 Å². The second kappa shape index (κ2) is 6.55. The highest BCUT2D eigenvalue weighted by atomic mass is 19.1. The number of amides is 1. The zero-order valence-electron chi connectivity index (χ0n) is 12.1. The van der Waals surface area contributed by atoms with Gasteiger partial charge in [0.1, 0.15) is 5.82 Å². The number of benzene rings is 1. The maximum absolute atomic E-state index is 13.8. The first-order valence-corrected chi connectivity index (χ1v) is 6.65. The Balaban J connectivity index is 2.86. The monoisotopic (exact) mass is 266 g/mol. The van der Waals surface area contributed by atoms with E-state index in [0.29, 0.717) is 18.7 Å². The summed E-state index contributed by atoms with van der Waals surface area (Å²) in [4.78, 5) is 12.1. The van der Waals surface area contributed by atoms with Crippen LogP contribution in [0.25, 0.3) is 0 Å². The largest absolute Gasteiger partial charge is 0.382 e. The smallest absolute Gasteiger partial charge is 0.253 e. The first-order valence-electron chi connectivity index (χ1n) is 6.65. The van der Waals surface area contributed by atoms with Crippen LogP contribution in [0.4, 0.5) is 10.1 Å². The minimum absolute atomic E-state index is 0.00000453. The molecule has 0 unspecified atom stereocenters. The molecular formula is C15H23FN2O. The Morgan fingerprint density at radius 2 is 2.00 bits per heavy atom. The average molecular weight is 266 g/mol. The molecule has 0 radical (unpaired) electrons. The molecule has 4 heteroatoms. The molecule has 1 rings (SSSR count). The molecule has 0 spiro atoms. The Hall–Kier alpha value is -1.58. The quantitative estimate of drug-likeness (QED) is 0.857. The van der Waals surface area contributed by atoms with Crippen LogP contribution in [0.1, 0.15) is 44.5 Å². The molecule has 0 aromatic heterocycles. The molecule has 2 N–H and O–H groups in total. The third-order valence-electron chi connectivity index (χ3n) is 2.59. The van der Waals surface area contributed by atoms with Crippen LogP contribution in [0.5, 0.6) is 0 Å². The van der Waals surface area contributed by atoms with Crippen molar-refractivity contribution in [3.63, 3.8) is 0 Å². The Labute approximate surface area is 114 Å². The van der Waals surface area contributed by atoms with Crippen molar-refractivity contribution in [3.05, 3.63) is 29.6 Å². The summed E-state index contributed by atoms with van der Waals surface area (Å²) in [5.74, 6) is -0.634. The third kappa shape index (κ3) is 4.89. The number of carbonyl (C=O) groups excluding carboxylic acids is 1. The number of hydrogen-bond donors (Lipinski definition) is 2. The first-order chi connectivity index (χ1) is 8.85. The van der Waals surface area contributed by atoms with E-state index in [0.717, 1.165) is 6.42 Å². The summed E-state index contributed by atoms with van der Waals surface area (Å²) in [7, 11) is 0. The van der Waals surface area contributed by atoms with Crippen molar-refractivity contribution in [2.24, 2.45) is 5.41 Å². The first kappa shape index (κ1) is 15.5. The lowest BCUT2D eigenvalue weighted by atomic mass is 9.97. The molecule has 1 aromatic rings. The summed E-state index contributed by atoms with van der Waals surface area (Å²) < 4.78 is 13.8. The molecule has 0 fully saturated rings. The fraction of sp³-hybridized carbons (Fsp3) is 0.533. The van der Waals surface area contributed by atoms with Gasteiger partial charge < -0.3 is 10.6 Å². The molecular weight excluding hydrogens is 243 g/mol. The predicted octanol–water partition coefficient (Wildman–Crippen LogP) is 3.42. The molecule has 1 aromatic carbocycles. The maximum Gasteiger partial charge on any atom is 0.253 e. The number of para-hydroxylation sites is 1. The van der Waals surface area contributed by atoms with E-state index in [1.165, 1.54) is 6.07 Å². The Kier molecular flexibility index (Phi) is 5.33. The summed E-state index contributed by atoms with van der Waals surface area (Å²) >= 11 is 0. The van der Waals surface area contributed by atoms with Crippen molar-refractivity contribution in [1.82, 2.24) is 5.32 Å². The van der Waals surface area contributed by atoms with E-state index < -0.39 is 5.82 Å². The fourth-order valence-corrected chi connectivity index (χ4v) is 1.58. The van der Waals surface area contributed by atoms with E-state index in [1.807, 2.05) is 27.7 Å². The zero-order valence-corrected chi connectivity index (χ0v) is 12.1. The second-order valence-electron chi connectivity index (χ2n) is 5.83. The van der Waals surface area contributed by atoms with E-state index >= 15 is 0 Å². The van der Waals surface area contributed by atoms with Gasteiger partial charge in [-0.2, -0.15) is 0 Å². The molecule has 0 saturated heterocycles. The summed E-state index contributed by atoms with van der Waals surface area (Å²) in [5.41, 5.74) is 0.647. The topological polar surface area (TPSA) is 41.1 Å². The number of hydrogen-bond acceptors (Lipinski definition) is 2. The van der Waals surface area contributed by atoms with E-state index in [1.54, 1.807) is 12.1 Å². The van der Waals surface area contributed by atoms with E-state index in [2.05, 4.69) is 10.6 Å². The average Bonchev–Trinajstić information content (AvgIpc) is 2.33. The Bertz CT molecular complexity index is 438. The molecule has 0 aliphatic carbocycles. The molecule has 3 nitrogen and oxygen atoms in total. The van der Waals surface area contributed by atoms with E-state index in [-0.39, 0.29) is 17.0 Å². The molecule has 0 atom stereocenters. The van der Waals surface area contributed by atoms with Gasteiger partial charge in [0, 0.05) is 13.1 Å². The van der Waals surface area contributed by atoms with Gasteiger partial charge in [0.05, 0.1) is 11.3 Å². The molecule has 0 bridgehead atoms. The summed E-state index contributed by atoms with van der Waals surface area (Å²) in [5, 5.41) is 5.81. The molecule has 106 valence electrons. The SMILES string of the molecule is CCCNc1c(F)cccc1C(=O)NCC(C)(C)C. The van der Waals surface area contributed by atoms with Crippen LogP contribution in [0.15, 0.2) is 18.2 Å². The van der Waals surface area contributed by atoms with Crippen molar-refractivity contribution in [3.8, 4) is 0 Å². The lowest BCUT2D eigenvalue weighted by Crippen LogP contribution is -2.32. The molecule has 0 aliphatic heterocycles. The van der Waals surface area contributed by atoms with Crippen molar-refractivity contribution in [1.29, 1.82) is 0 Å². The minimum atomic E-state index is -0.392. The van der Waals surface area contributed by atoms with Gasteiger partial charge in [0.25, 0.3) is 5.91 Å². The lowest BCUT2D eigenvalue weighted by molar-refractivity contribution is 0.0939. The number of halogens is 1. The van der Waals surface area contributed by atoms with Gasteiger partial charge in [0.2, 0.25) is 0 Å². The van der Waals surface area contributed by atoms with Crippen molar-refractivity contribution in [2.75, 3.05) is 18.4 Å². The van der Waals surface area contributed by atoms with Crippen LogP contribution in [-0.2, 0) is 0 Å². The molecule has 0 aliphatic rings. The van der Waals surface area contributed by atoms with Crippen molar-refractivity contribution in [2.45, 2.75) is 34.1 Å². The second-order valence-corrected chi connectivity index (χ2v) is 5.83. The highest BCUT2D eigenvalue weighted by Crippen LogP contribution is 2.20. The number of nitrogens with one attached hydrogen (secondary N) is 2. The number of rotatable bonds is 5.